The third-order valence-electron chi connectivity index (χ3n) is 2.63. The number of thioether (sulfide) groups is 1. The van der Waals surface area contributed by atoms with Gasteiger partial charge in [0.25, 0.3) is 5.91 Å². The second-order valence-electron chi connectivity index (χ2n) is 4.03. The third kappa shape index (κ3) is 3.74. The maximum absolute atomic E-state index is 11.3. The normalized spacial score (nSPS) is 10.2. The molecule has 1 amide bonds. The minimum atomic E-state index is -0.280. The summed E-state index contributed by atoms with van der Waals surface area (Å²) >= 11 is 1.72. The third-order valence-corrected chi connectivity index (χ3v) is 3.72. The van der Waals surface area contributed by atoms with Crippen molar-refractivity contribution in [3.8, 4) is 0 Å². The number of benzene rings is 2. The van der Waals surface area contributed by atoms with Crippen molar-refractivity contribution < 1.29 is 4.79 Å². The molecule has 2 aromatic carbocycles. The molecule has 0 aliphatic rings. The van der Waals surface area contributed by atoms with E-state index in [0.717, 1.165) is 21.9 Å². The number of carbonyl (C=O) groups excluding carboxylic acids is 1. The number of nitrogens with two attached hydrogens (primary N) is 2. The Balaban J connectivity index is 1.96. The molecule has 0 aromatic heterocycles. The van der Waals surface area contributed by atoms with E-state index in [0.29, 0.717) is 5.56 Å². The van der Waals surface area contributed by atoms with Crippen LogP contribution in [0.2, 0.25) is 0 Å². The fourth-order valence-corrected chi connectivity index (χ4v) is 2.42. The molecular formula is C14H15N3OS. The van der Waals surface area contributed by atoms with Crippen LogP contribution in [0.5, 0.6) is 0 Å². The quantitative estimate of drug-likeness (QED) is 0.262. The lowest BCUT2D eigenvalue weighted by Gasteiger charge is -2.04. The van der Waals surface area contributed by atoms with Gasteiger partial charge in [-0.15, -0.1) is 11.8 Å². The highest BCUT2D eigenvalue weighted by atomic mass is 32.2. The van der Waals surface area contributed by atoms with Gasteiger partial charge in [0.05, 0.1) is 0 Å². The van der Waals surface area contributed by atoms with E-state index in [-0.39, 0.29) is 5.91 Å². The highest BCUT2D eigenvalue weighted by Gasteiger charge is 2.03. The summed E-state index contributed by atoms with van der Waals surface area (Å²) in [6.45, 7) is 0. The zero-order valence-corrected chi connectivity index (χ0v) is 11.1. The number of carbonyl (C=O) groups is 1. The molecule has 2 aromatic rings. The molecule has 0 heterocycles. The fourth-order valence-electron chi connectivity index (χ4n) is 1.57. The van der Waals surface area contributed by atoms with Crippen LogP contribution in [0.3, 0.4) is 0 Å². The Morgan fingerprint density at radius 2 is 1.68 bits per heavy atom. The smallest absolute Gasteiger partial charge is 0.265 e. The van der Waals surface area contributed by atoms with Crippen LogP contribution < -0.4 is 17.0 Å². The monoisotopic (exact) mass is 273 g/mol. The first-order valence-electron chi connectivity index (χ1n) is 5.77. The summed E-state index contributed by atoms with van der Waals surface area (Å²) in [5.74, 6) is 5.64. The van der Waals surface area contributed by atoms with Crippen molar-refractivity contribution in [1.82, 2.24) is 5.43 Å². The molecule has 0 bridgehead atoms. The summed E-state index contributed by atoms with van der Waals surface area (Å²) in [6, 6.07) is 15.1. The predicted molar refractivity (Wildman–Crippen MR) is 78.5 cm³/mol. The van der Waals surface area contributed by atoms with Crippen molar-refractivity contribution in [3.63, 3.8) is 0 Å². The number of nitrogen functional groups attached to an aromatic ring is 2. The number of nitrogens with one attached hydrogen (secondary N) is 1. The molecule has 0 radical (unpaired) electrons. The molecule has 2 rings (SSSR count). The van der Waals surface area contributed by atoms with Crippen molar-refractivity contribution in [2.75, 3.05) is 5.73 Å². The fraction of sp³-hybridized carbons (Fsp3) is 0.0714. The molecule has 0 aliphatic carbocycles. The topological polar surface area (TPSA) is 81.1 Å². The van der Waals surface area contributed by atoms with Gasteiger partial charge >= 0.3 is 0 Å². The van der Waals surface area contributed by atoms with Crippen molar-refractivity contribution in [2.45, 2.75) is 10.6 Å². The van der Waals surface area contributed by atoms with E-state index >= 15 is 0 Å². The number of hydrazine groups is 1. The van der Waals surface area contributed by atoms with Crippen LogP contribution in [0.1, 0.15) is 15.9 Å². The van der Waals surface area contributed by atoms with Crippen LogP contribution in [-0.2, 0) is 5.75 Å². The number of amides is 1. The van der Waals surface area contributed by atoms with Crippen LogP contribution in [-0.4, -0.2) is 5.91 Å². The average Bonchev–Trinajstić information content (AvgIpc) is 2.46. The standard InChI is InChI=1S/C14H15N3OS/c15-12-5-7-13(8-6-12)19-9-10-1-3-11(4-2-10)14(18)17-16/h1-8H,9,15-16H2,(H,17,18). The van der Waals surface area contributed by atoms with Gasteiger partial charge in [-0.1, -0.05) is 12.1 Å². The molecular weight excluding hydrogens is 258 g/mol. The zero-order chi connectivity index (χ0) is 13.7. The van der Waals surface area contributed by atoms with Crippen LogP contribution in [0, 0.1) is 0 Å². The Morgan fingerprint density at radius 3 is 2.26 bits per heavy atom. The summed E-state index contributed by atoms with van der Waals surface area (Å²) < 4.78 is 0. The summed E-state index contributed by atoms with van der Waals surface area (Å²) in [7, 11) is 0. The first-order chi connectivity index (χ1) is 9.19. The van der Waals surface area contributed by atoms with Gasteiger partial charge in [-0.3, -0.25) is 10.2 Å². The van der Waals surface area contributed by atoms with Gasteiger partial charge in [0.1, 0.15) is 0 Å². The minimum Gasteiger partial charge on any atom is -0.399 e. The van der Waals surface area contributed by atoms with Gasteiger partial charge in [0.15, 0.2) is 0 Å². The number of rotatable bonds is 4. The van der Waals surface area contributed by atoms with Crippen LogP contribution >= 0.6 is 11.8 Å². The van der Waals surface area contributed by atoms with Gasteiger partial charge in [-0.25, -0.2) is 5.84 Å². The average molecular weight is 273 g/mol. The van der Waals surface area contributed by atoms with Gasteiger partial charge < -0.3 is 5.73 Å². The van der Waals surface area contributed by atoms with Gasteiger partial charge in [-0.2, -0.15) is 0 Å². The van der Waals surface area contributed by atoms with Crippen LogP contribution in [0.15, 0.2) is 53.4 Å². The second-order valence-corrected chi connectivity index (χ2v) is 5.08. The molecule has 0 saturated carbocycles. The Morgan fingerprint density at radius 1 is 1.05 bits per heavy atom. The Kier molecular flexibility index (Phi) is 4.43. The van der Waals surface area contributed by atoms with E-state index in [4.69, 9.17) is 11.6 Å². The first kappa shape index (κ1) is 13.5. The van der Waals surface area contributed by atoms with E-state index in [1.165, 1.54) is 0 Å². The van der Waals surface area contributed by atoms with Gasteiger partial charge in [0.2, 0.25) is 0 Å². The van der Waals surface area contributed by atoms with E-state index in [1.54, 1.807) is 23.9 Å². The molecule has 5 heteroatoms. The molecule has 98 valence electrons. The molecule has 0 spiro atoms. The lowest BCUT2D eigenvalue weighted by Crippen LogP contribution is -2.29. The molecule has 5 N–H and O–H groups in total. The maximum Gasteiger partial charge on any atom is 0.265 e. The highest BCUT2D eigenvalue weighted by Crippen LogP contribution is 2.23. The zero-order valence-electron chi connectivity index (χ0n) is 10.3. The number of hydrogen-bond acceptors (Lipinski definition) is 4. The molecule has 19 heavy (non-hydrogen) atoms. The van der Waals surface area contributed by atoms with Gasteiger partial charge in [-0.05, 0) is 42.0 Å². The largest absolute Gasteiger partial charge is 0.399 e. The van der Waals surface area contributed by atoms with E-state index in [2.05, 4.69) is 5.43 Å². The summed E-state index contributed by atoms with van der Waals surface area (Å²) in [5, 5.41) is 0. The van der Waals surface area contributed by atoms with Crippen LogP contribution in [0.25, 0.3) is 0 Å². The number of hydrogen-bond donors (Lipinski definition) is 3. The van der Waals surface area contributed by atoms with Gasteiger partial charge in [0, 0.05) is 21.9 Å². The lowest BCUT2D eigenvalue weighted by atomic mass is 10.1. The van der Waals surface area contributed by atoms with Crippen molar-refractivity contribution in [2.24, 2.45) is 5.84 Å². The summed E-state index contributed by atoms with van der Waals surface area (Å²) in [4.78, 5) is 12.4. The predicted octanol–water partition coefficient (Wildman–Crippen LogP) is 2.16. The van der Waals surface area contributed by atoms with Crippen molar-refractivity contribution in [1.29, 1.82) is 0 Å². The minimum absolute atomic E-state index is 0.280. The summed E-state index contributed by atoms with van der Waals surface area (Å²) in [5.41, 5.74) is 10.2. The van der Waals surface area contributed by atoms with E-state index in [1.807, 2.05) is 36.4 Å². The molecule has 0 fully saturated rings. The molecule has 4 nitrogen and oxygen atoms in total. The summed E-state index contributed by atoms with van der Waals surface area (Å²) in [6.07, 6.45) is 0. The van der Waals surface area contributed by atoms with Crippen molar-refractivity contribution in [3.05, 3.63) is 59.7 Å². The van der Waals surface area contributed by atoms with E-state index in [9.17, 15) is 4.79 Å². The highest BCUT2D eigenvalue weighted by molar-refractivity contribution is 7.98. The molecule has 0 saturated heterocycles. The van der Waals surface area contributed by atoms with Crippen molar-refractivity contribution >= 4 is 23.4 Å². The SMILES string of the molecule is NNC(=O)c1ccc(CSc2ccc(N)cc2)cc1. The van der Waals surface area contributed by atoms with Crippen LogP contribution in [0.4, 0.5) is 5.69 Å². The second kappa shape index (κ2) is 6.26. The Bertz CT molecular complexity index is 552. The molecule has 0 atom stereocenters. The van der Waals surface area contributed by atoms with E-state index < -0.39 is 0 Å². The molecule has 0 unspecified atom stereocenters. The lowest BCUT2D eigenvalue weighted by molar-refractivity contribution is 0.0953. The Hall–Kier alpha value is -1.98. The molecule has 0 aliphatic heterocycles. The number of anilines is 1. The maximum atomic E-state index is 11.3. The Labute approximate surface area is 116 Å². The first-order valence-corrected chi connectivity index (χ1v) is 6.76.